The molecule has 1 aliphatic heterocycles. The summed E-state index contributed by atoms with van der Waals surface area (Å²) < 4.78 is 19.4. The Hall–Kier alpha value is -1.75. The van der Waals surface area contributed by atoms with Gasteiger partial charge in [0.1, 0.15) is 5.82 Å². The molecule has 20 heavy (non-hydrogen) atoms. The number of carbonyl (C=O) groups is 2. The summed E-state index contributed by atoms with van der Waals surface area (Å²) in [5.74, 6) is -2.03. The van der Waals surface area contributed by atoms with Crippen molar-refractivity contribution >= 4 is 11.8 Å². The number of halogens is 1. The molecule has 5 heteroatoms. The minimum absolute atomic E-state index is 0.118. The number of ether oxygens (including phenoxy) is 1. The van der Waals surface area contributed by atoms with Crippen LogP contribution in [0.5, 0.6) is 0 Å². The number of rotatable bonds is 3. The molecule has 4 nitrogen and oxygen atoms in total. The third-order valence-corrected chi connectivity index (χ3v) is 4.22. The first kappa shape index (κ1) is 14.7. The van der Waals surface area contributed by atoms with Crippen LogP contribution in [-0.4, -0.2) is 25.0 Å². The van der Waals surface area contributed by atoms with Gasteiger partial charge in [-0.05, 0) is 13.0 Å². The summed E-state index contributed by atoms with van der Waals surface area (Å²) in [5, 5.41) is 2.29. The number of methoxy groups -OCH3 is 1. The fourth-order valence-corrected chi connectivity index (χ4v) is 2.85. The van der Waals surface area contributed by atoms with Crippen molar-refractivity contribution in [2.75, 3.05) is 7.11 Å². The largest absolute Gasteiger partial charge is 0.381 e. The summed E-state index contributed by atoms with van der Waals surface area (Å²) in [6, 6.07) is 6.15. The van der Waals surface area contributed by atoms with Gasteiger partial charge in [-0.1, -0.05) is 25.1 Å². The molecule has 1 aromatic rings. The summed E-state index contributed by atoms with van der Waals surface area (Å²) in [6.07, 6.45) is -0.241. The fourth-order valence-electron chi connectivity index (χ4n) is 2.85. The normalized spacial score (nSPS) is 28.1. The number of hydrogen-bond acceptors (Lipinski definition) is 3. The van der Waals surface area contributed by atoms with E-state index in [1.165, 1.54) is 13.2 Å². The van der Waals surface area contributed by atoms with Crippen molar-refractivity contribution in [1.29, 1.82) is 0 Å². The van der Waals surface area contributed by atoms with E-state index in [-0.39, 0.29) is 18.4 Å². The second-order valence-corrected chi connectivity index (χ2v) is 5.43. The van der Waals surface area contributed by atoms with Crippen molar-refractivity contribution < 1.29 is 18.7 Å². The van der Waals surface area contributed by atoms with Crippen molar-refractivity contribution in [3.05, 3.63) is 35.6 Å². The standard InChI is InChI=1S/C15H18FNO3/c1-9(20-3)15(2)8-12(18)17-14(19)13(15)10-6-4-5-7-11(10)16/h4-7,9,13H,8H2,1-3H3,(H,17,18,19). The molecule has 0 spiro atoms. The molecule has 0 aliphatic carbocycles. The van der Waals surface area contributed by atoms with Gasteiger partial charge in [0.15, 0.2) is 0 Å². The van der Waals surface area contributed by atoms with Crippen LogP contribution in [0, 0.1) is 11.2 Å². The first-order valence-electron chi connectivity index (χ1n) is 6.51. The van der Waals surface area contributed by atoms with E-state index in [1.807, 2.05) is 0 Å². The number of carbonyl (C=O) groups excluding carboxylic acids is 2. The van der Waals surface area contributed by atoms with Crippen molar-refractivity contribution in [1.82, 2.24) is 5.32 Å². The number of piperidine rings is 1. The second-order valence-electron chi connectivity index (χ2n) is 5.43. The second kappa shape index (κ2) is 5.32. The molecule has 0 aromatic heterocycles. The third kappa shape index (κ3) is 2.33. The van der Waals surface area contributed by atoms with Gasteiger partial charge in [0.05, 0.1) is 12.0 Å². The van der Waals surface area contributed by atoms with E-state index in [4.69, 9.17) is 4.74 Å². The van der Waals surface area contributed by atoms with Crippen LogP contribution in [0.15, 0.2) is 24.3 Å². The minimum Gasteiger partial charge on any atom is -0.381 e. The molecule has 0 radical (unpaired) electrons. The molecule has 3 atom stereocenters. The van der Waals surface area contributed by atoms with Crippen molar-refractivity contribution in [2.45, 2.75) is 32.3 Å². The van der Waals surface area contributed by atoms with Crippen molar-refractivity contribution in [3.8, 4) is 0 Å². The highest BCUT2D eigenvalue weighted by Gasteiger charge is 2.50. The first-order chi connectivity index (χ1) is 9.40. The Kier molecular flexibility index (Phi) is 3.90. The third-order valence-electron chi connectivity index (χ3n) is 4.22. The Morgan fingerprint density at radius 3 is 2.65 bits per heavy atom. The van der Waals surface area contributed by atoms with Gasteiger partial charge in [-0.15, -0.1) is 0 Å². The van der Waals surface area contributed by atoms with Gasteiger partial charge in [0.2, 0.25) is 11.8 Å². The molecule has 1 saturated heterocycles. The van der Waals surface area contributed by atoms with Gasteiger partial charge < -0.3 is 4.74 Å². The highest BCUT2D eigenvalue weighted by molar-refractivity contribution is 6.02. The average molecular weight is 279 g/mol. The molecule has 108 valence electrons. The van der Waals surface area contributed by atoms with E-state index in [2.05, 4.69) is 5.32 Å². The van der Waals surface area contributed by atoms with Crippen LogP contribution >= 0.6 is 0 Å². The number of imide groups is 1. The van der Waals surface area contributed by atoms with Gasteiger partial charge in [0, 0.05) is 24.5 Å². The quantitative estimate of drug-likeness (QED) is 0.861. The maximum Gasteiger partial charge on any atom is 0.234 e. The molecule has 1 fully saturated rings. The predicted molar refractivity (Wildman–Crippen MR) is 71.5 cm³/mol. The van der Waals surface area contributed by atoms with Gasteiger partial charge in [0.25, 0.3) is 0 Å². The number of benzene rings is 1. The predicted octanol–water partition coefficient (Wildman–Crippen LogP) is 2.00. The monoisotopic (exact) mass is 279 g/mol. The summed E-state index contributed by atoms with van der Waals surface area (Å²) >= 11 is 0. The zero-order valence-corrected chi connectivity index (χ0v) is 11.8. The molecule has 0 saturated carbocycles. The molecule has 3 unspecified atom stereocenters. The highest BCUT2D eigenvalue weighted by atomic mass is 19.1. The van der Waals surface area contributed by atoms with Crippen LogP contribution in [0.2, 0.25) is 0 Å². The first-order valence-corrected chi connectivity index (χ1v) is 6.51. The van der Waals surface area contributed by atoms with E-state index in [0.29, 0.717) is 5.56 Å². The van der Waals surface area contributed by atoms with Gasteiger partial charge in [-0.2, -0.15) is 0 Å². The Bertz CT molecular complexity index is 546. The Morgan fingerprint density at radius 1 is 1.40 bits per heavy atom. The van der Waals surface area contributed by atoms with Crippen LogP contribution in [-0.2, 0) is 14.3 Å². The summed E-state index contributed by atoms with van der Waals surface area (Å²) in [6.45, 7) is 3.58. The lowest BCUT2D eigenvalue weighted by atomic mass is 9.65. The fraction of sp³-hybridized carbons (Fsp3) is 0.467. The molecule has 1 aliphatic rings. The molecular weight excluding hydrogens is 261 g/mol. The lowest BCUT2D eigenvalue weighted by Gasteiger charge is -2.43. The molecule has 1 heterocycles. The maximum atomic E-state index is 14.0. The number of nitrogens with one attached hydrogen (secondary N) is 1. The lowest BCUT2D eigenvalue weighted by molar-refractivity contribution is -0.145. The topological polar surface area (TPSA) is 55.4 Å². The van der Waals surface area contributed by atoms with Crippen LogP contribution in [0.25, 0.3) is 0 Å². The molecule has 0 bridgehead atoms. The van der Waals surface area contributed by atoms with Gasteiger partial charge in [-0.3, -0.25) is 14.9 Å². The average Bonchev–Trinajstić information content (AvgIpc) is 2.39. The van der Waals surface area contributed by atoms with E-state index in [1.54, 1.807) is 32.0 Å². The Morgan fingerprint density at radius 2 is 2.05 bits per heavy atom. The van der Waals surface area contributed by atoms with Crippen molar-refractivity contribution in [3.63, 3.8) is 0 Å². The smallest absolute Gasteiger partial charge is 0.234 e. The zero-order chi connectivity index (χ0) is 14.9. The zero-order valence-electron chi connectivity index (χ0n) is 11.8. The summed E-state index contributed by atoms with van der Waals surface area (Å²) in [4.78, 5) is 23.9. The molecule has 2 amide bonds. The van der Waals surface area contributed by atoms with Crippen LogP contribution < -0.4 is 5.32 Å². The summed E-state index contributed by atoms with van der Waals surface area (Å²) in [7, 11) is 1.52. The van der Waals surface area contributed by atoms with Gasteiger partial charge >= 0.3 is 0 Å². The van der Waals surface area contributed by atoms with Crippen LogP contribution in [0.1, 0.15) is 31.7 Å². The minimum atomic E-state index is -0.781. The number of hydrogen-bond donors (Lipinski definition) is 1. The lowest BCUT2D eigenvalue weighted by Crippen LogP contribution is -2.54. The maximum absolute atomic E-state index is 14.0. The van der Waals surface area contributed by atoms with Crippen LogP contribution in [0.4, 0.5) is 4.39 Å². The van der Waals surface area contributed by atoms with Gasteiger partial charge in [-0.25, -0.2) is 4.39 Å². The summed E-state index contributed by atoms with van der Waals surface area (Å²) in [5.41, 5.74) is -0.486. The van der Waals surface area contributed by atoms with E-state index >= 15 is 0 Å². The molecule has 2 rings (SSSR count). The van der Waals surface area contributed by atoms with E-state index in [0.717, 1.165) is 0 Å². The highest BCUT2D eigenvalue weighted by Crippen LogP contribution is 2.45. The SMILES string of the molecule is COC(C)C1(C)CC(=O)NC(=O)C1c1ccccc1F. The Labute approximate surface area is 117 Å². The van der Waals surface area contributed by atoms with E-state index < -0.39 is 23.1 Å². The molecule has 1 N–H and O–H groups in total. The Balaban J connectivity index is 2.53. The molecule has 1 aromatic carbocycles. The number of amides is 2. The van der Waals surface area contributed by atoms with Crippen LogP contribution in [0.3, 0.4) is 0 Å². The van der Waals surface area contributed by atoms with Crippen molar-refractivity contribution in [2.24, 2.45) is 5.41 Å². The molecular formula is C15H18FNO3. The van der Waals surface area contributed by atoms with E-state index in [9.17, 15) is 14.0 Å².